The Kier molecular flexibility index (Phi) is 6.10. The molecule has 3 aromatic rings. The molecule has 0 saturated carbocycles. The summed E-state index contributed by atoms with van der Waals surface area (Å²) >= 11 is 0. The minimum atomic E-state index is -0.159. The van der Waals surface area contributed by atoms with Crippen molar-refractivity contribution in [2.75, 3.05) is 52.0 Å². The molecule has 2 aliphatic heterocycles. The Labute approximate surface area is 197 Å². The second kappa shape index (κ2) is 9.34. The molecular weight excluding hydrogens is 436 g/mol. The number of ether oxygens (including phenoxy) is 3. The van der Waals surface area contributed by atoms with Crippen LogP contribution in [-0.4, -0.2) is 73.3 Å². The summed E-state index contributed by atoms with van der Waals surface area (Å²) in [5.74, 6) is 1.85. The molecule has 0 bridgehead atoms. The number of hydrogen-bond donors (Lipinski definition) is 0. The summed E-state index contributed by atoms with van der Waals surface area (Å²) in [4.78, 5) is 34.6. The van der Waals surface area contributed by atoms with Gasteiger partial charge in [-0.05, 0) is 24.3 Å². The Morgan fingerprint density at radius 3 is 2.68 bits per heavy atom. The number of imidazole rings is 1. The van der Waals surface area contributed by atoms with Crippen LogP contribution in [-0.2, 0) is 20.9 Å². The van der Waals surface area contributed by atoms with Gasteiger partial charge >= 0.3 is 0 Å². The summed E-state index contributed by atoms with van der Waals surface area (Å²) in [5, 5.41) is 0. The van der Waals surface area contributed by atoms with E-state index in [1.807, 2.05) is 39.8 Å². The monoisotopic (exact) mass is 464 g/mol. The van der Waals surface area contributed by atoms with Crippen molar-refractivity contribution in [3.8, 4) is 11.5 Å². The van der Waals surface area contributed by atoms with Crippen molar-refractivity contribution in [3.63, 3.8) is 0 Å². The van der Waals surface area contributed by atoms with Crippen LogP contribution < -0.4 is 14.4 Å². The lowest BCUT2D eigenvalue weighted by molar-refractivity contribution is -0.135. The average Bonchev–Trinajstić information content (AvgIpc) is 3.44. The standard InChI is InChI=1S/C25H28N4O5/c1-32-18-7-8-22(33-2)21(14-18)28-15-17(13-23(28)30)25-26-19-5-3-4-6-20(19)29(25)16-24(31)27-9-11-34-12-10-27/h3-8,14,17H,9-13,15-16H2,1-2H3. The summed E-state index contributed by atoms with van der Waals surface area (Å²) in [6, 6.07) is 13.2. The van der Waals surface area contributed by atoms with Crippen molar-refractivity contribution in [2.24, 2.45) is 0 Å². The molecule has 9 nitrogen and oxygen atoms in total. The zero-order valence-corrected chi connectivity index (χ0v) is 19.4. The van der Waals surface area contributed by atoms with Gasteiger partial charge in [-0.3, -0.25) is 9.59 Å². The van der Waals surface area contributed by atoms with Gasteiger partial charge in [0, 0.05) is 38.0 Å². The number of nitrogens with zero attached hydrogens (tertiary/aromatic N) is 4. The van der Waals surface area contributed by atoms with Crippen molar-refractivity contribution in [1.29, 1.82) is 0 Å². The molecule has 0 aliphatic carbocycles. The first-order valence-electron chi connectivity index (χ1n) is 11.4. The zero-order valence-electron chi connectivity index (χ0n) is 19.4. The predicted octanol–water partition coefficient (Wildman–Crippen LogP) is 2.43. The van der Waals surface area contributed by atoms with Crippen molar-refractivity contribution >= 4 is 28.5 Å². The minimum absolute atomic E-state index is 0.0188. The second-order valence-electron chi connectivity index (χ2n) is 8.48. The van der Waals surface area contributed by atoms with Gasteiger partial charge in [-0.15, -0.1) is 0 Å². The highest BCUT2D eigenvalue weighted by Gasteiger charge is 2.36. The molecule has 2 amide bonds. The molecule has 1 aromatic heterocycles. The molecule has 0 radical (unpaired) electrons. The quantitative estimate of drug-likeness (QED) is 0.557. The summed E-state index contributed by atoms with van der Waals surface area (Å²) in [5.41, 5.74) is 2.38. The lowest BCUT2D eigenvalue weighted by atomic mass is 10.1. The van der Waals surface area contributed by atoms with Gasteiger partial charge in [0.25, 0.3) is 0 Å². The number of methoxy groups -OCH3 is 2. The fraction of sp³-hybridized carbons (Fsp3) is 0.400. The molecule has 2 fully saturated rings. The van der Waals surface area contributed by atoms with Crippen LogP contribution >= 0.6 is 0 Å². The molecule has 2 aromatic carbocycles. The highest BCUT2D eigenvalue weighted by atomic mass is 16.5. The highest BCUT2D eigenvalue weighted by molar-refractivity contribution is 5.98. The number of carbonyl (C=O) groups excluding carboxylic acids is 2. The van der Waals surface area contributed by atoms with E-state index in [0.29, 0.717) is 56.5 Å². The van der Waals surface area contributed by atoms with E-state index >= 15 is 0 Å². The van der Waals surface area contributed by atoms with Crippen LogP contribution in [0.5, 0.6) is 11.5 Å². The first kappa shape index (κ1) is 22.2. The number of para-hydroxylation sites is 2. The molecule has 1 atom stereocenters. The molecule has 34 heavy (non-hydrogen) atoms. The van der Waals surface area contributed by atoms with Crippen LogP contribution in [0.3, 0.4) is 0 Å². The Hall–Kier alpha value is -3.59. The van der Waals surface area contributed by atoms with Gasteiger partial charge in [0.2, 0.25) is 11.8 Å². The second-order valence-corrected chi connectivity index (χ2v) is 8.48. The number of rotatable bonds is 6. The van der Waals surface area contributed by atoms with Gasteiger partial charge in [-0.25, -0.2) is 4.98 Å². The number of aromatic nitrogens is 2. The normalized spacial score (nSPS) is 18.5. The van der Waals surface area contributed by atoms with E-state index in [4.69, 9.17) is 19.2 Å². The summed E-state index contributed by atoms with van der Waals surface area (Å²) in [6.07, 6.45) is 0.301. The van der Waals surface area contributed by atoms with Crippen LogP contribution in [0.25, 0.3) is 11.0 Å². The van der Waals surface area contributed by atoms with Gasteiger partial charge in [0.15, 0.2) is 0 Å². The maximum atomic E-state index is 13.1. The van der Waals surface area contributed by atoms with Crippen LogP contribution in [0.1, 0.15) is 18.2 Å². The van der Waals surface area contributed by atoms with E-state index in [9.17, 15) is 9.59 Å². The Morgan fingerprint density at radius 2 is 1.91 bits per heavy atom. The fourth-order valence-electron chi connectivity index (χ4n) is 4.74. The van der Waals surface area contributed by atoms with Crippen molar-refractivity contribution in [2.45, 2.75) is 18.9 Å². The third kappa shape index (κ3) is 4.07. The Balaban J connectivity index is 1.47. The number of hydrogen-bond acceptors (Lipinski definition) is 6. The van der Waals surface area contributed by atoms with Crippen molar-refractivity contribution < 1.29 is 23.8 Å². The topological polar surface area (TPSA) is 86.1 Å². The third-order valence-corrected chi connectivity index (χ3v) is 6.51. The smallest absolute Gasteiger partial charge is 0.242 e. The molecule has 2 saturated heterocycles. The number of amides is 2. The van der Waals surface area contributed by atoms with E-state index in [1.165, 1.54) is 0 Å². The molecule has 0 N–H and O–H groups in total. The van der Waals surface area contributed by atoms with Crippen molar-refractivity contribution in [1.82, 2.24) is 14.5 Å². The van der Waals surface area contributed by atoms with Gasteiger partial charge < -0.3 is 28.6 Å². The predicted molar refractivity (Wildman–Crippen MR) is 126 cm³/mol. The number of benzene rings is 2. The lowest BCUT2D eigenvalue weighted by Gasteiger charge is -2.27. The first-order chi connectivity index (χ1) is 16.6. The molecule has 0 spiro atoms. The van der Waals surface area contributed by atoms with E-state index in [-0.39, 0.29) is 24.3 Å². The van der Waals surface area contributed by atoms with E-state index in [1.54, 1.807) is 31.3 Å². The maximum absolute atomic E-state index is 13.1. The Morgan fingerprint density at radius 1 is 1.12 bits per heavy atom. The van der Waals surface area contributed by atoms with Gasteiger partial charge in [0.05, 0.1) is 44.2 Å². The molecule has 3 heterocycles. The molecule has 1 unspecified atom stereocenters. The number of morpholine rings is 1. The van der Waals surface area contributed by atoms with Crippen LogP contribution in [0.15, 0.2) is 42.5 Å². The van der Waals surface area contributed by atoms with Gasteiger partial charge in [-0.1, -0.05) is 12.1 Å². The summed E-state index contributed by atoms with van der Waals surface area (Å²) in [7, 11) is 3.17. The van der Waals surface area contributed by atoms with Crippen LogP contribution in [0, 0.1) is 0 Å². The summed E-state index contributed by atoms with van der Waals surface area (Å²) in [6.45, 7) is 2.91. The maximum Gasteiger partial charge on any atom is 0.242 e. The molecule has 5 rings (SSSR count). The number of anilines is 1. The molecule has 9 heteroatoms. The van der Waals surface area contributed by atoms with E-state index < -0.39 is 0 Å². The molecule has 178 valence electrons. The van der Waals surface area contributed by atoms with Crippen LogP contribution in [0.2, 0.25) is 0 Å². The van der Waals surface area contributed by atoms with Crippen molar-refractivity contribution in [3.05, 3.63) is 48.3 Å². The number of carbonyl (C=O) groups is 2. The van der Waals surface area contributed by atoms with E-state index in [2.05, 4.69) is 0 Å². The average molecular weight is 465 g/mol. The van der Waals surface area contributed by atoms with E-state index in [0.717, 1.165) is 16.9 Å². The molecular formula is C25H28N4O5. The largest absolute Gasteiger partial charge is 0.497 e. The molecule has 2 aliphatic rings. The highest BCUT2D eigenvalue weighted by Crippen LogP contribution is 2.39. The lowest BCUT2D eigenvalue weighted by Crippen LogP contribution is -2.42. The minimum Gasteiger partial charge on any atom is -0.497 e. The third-order valence-electron chi connectivity index (χ3n) is 6.51. The number of fused-ring (bicyclic) bond motifs is 1. The summed E-state index contributed by atoms with van der Waals surface area (Å²) < 4.78 is 18.2. The van der Waals surface area contributed by atoms with Gasteiger partial charge in [0.1, 0.15) is 23.9 Å². The first-order valence-corrected chi connectivity index (χ1v) is 11.4. The fourth-order valence-corrected chi connectivity index (χ4v) is 4.74. The van der Waals surface area contributed by atoms with Crippen LogP contribution in [0.4, 0.5) is 5.69 Å². The Bertz CT molecular complexity index is 1220. The van der Waals surface area contributed by atoms with Gasteiger partial charge in [-0.2, -0.15) is 0 Å². The SMILES string of the molecule is COc1ccc(OC)c(N2CC(c3nc4ccccc4n3CC(=O)N3CCOCC3)CC2=O)c1. The zero-order chi connectivity index (χ0) is 23.7.